The first-order valence-corrected chi connectivity index (χ1v) is 8.66. The van der Waals surface area contributed by atoms with E-state index in [2.05, 4.69) is 30.9 Å². The molecule has 0 spiro atoms. The van der Waals surface area contributed by atoms with Gasteiger partial charge in [-0.1, -0.05) is 30.3 Å². The van der Waals surface area contributed by atoms with Crippen LogP contribution < -0.4 is 14.8 Å². The van der Waals surface area contributed by atoms with Gasteiger partial charge in [-0.25, -0.2) is 0 Å². The molecule has 2 N–H and O–H groups in total. The third-order valence-corrected chi connectivity index (χ3v) is 4.00. The van der Waals surface area contributed by atoms with E-state index in [1.54, 1.807) is 13.2 Å². The van der Waals surface area contributed by atoms with Crippen molar-refractivity contribution in [2.24, 2.45) is 0 Å². The van der Waals surface area contributed by atoms with Gasteiger partial charge < -0.3 is 14.8 Å². The zero-order valence-corrected chi connectivity index (χ0v) is 15.2. The number of nitrogens with zero attached hydrogens (tertiary/aromatic N) is 4. The summed E-state index contributed by atoms with van der Waals surface area (Å²) in [6, 6.07) is 20.9. The zero-order chi connectivity index (χ0) is 19.2. The van der Waals surface area contributed by atoms with Crippen molar-refractivity contribution < 1.29 is 9.47 Å². The van der Waals surface area contributed by atoms with Crippen molar-refractivity contribution in [3.05, 3.63) is 72.3 Å². The molecule has 0 atom stereocenters. The number of aromatic nitrogens is 5. The van der Waals surface area contributed by atoms with Crippen LogP contribution in [0.4, 0.5) is 5.82 Å². The van der Waals surface area contributed by atoms with Crippen molar-refractivity contribution in [2.75, 3.05) is 12.4 Å². The number of hydrogen-bond donors (Lipinski definition) is 2. The Morgan fingerprint density at radius 2 is 1.79 bits per heavy atom. The summed E-state index contributed by atoms with van der Waals surface area (Å²) in [5.41, 5.74) is 1.84. The van der Waals surface area contributed by atoms with E-state index >= 15 is 0 Å². The number of H-pyrrole nitrogens is 1. The molecule has 0 aliphatic carbocycles. The van der Waals surface area contributed by atoms with Crippen LogP contribution in [0.2, 0.25) is 0 Å². The molecule has 2 heterocycles. The second-order valence-corrected chi connectivity index (χ2v) is 5.93. The highest BCUT2D eigenvalue weighted by atomic mass is 16.5. The third kappa shape index (κ3) is 4.24. The first kappa shape index (κ1) is 17.5. The predicted molar refractivity (Wildman–Crippen MR) is 104 cm³/mol. The lowest BCUT2D eigenvalue weighted by molar-refractivity contribution is 0.414. The second-order valence-electron chi connectivity index (χ2n) is 5.93. The fraction of sp³-hybridized carbons (Fsp3) is 0.100. The number of methoxy groups -OCH3 is 1. The smallest absolute Gasteiger partial charge is 0.221 e. The normalized spacial score (nSPS) is 10.5. The van der Waals surface area contributed by atoms with E-state index in [-0.39, 0.29) is 0 Å². The van der Waals surface area contributed by atoms with Gasteiger partial charge in [0.05, 0.1) is 7.11 Å². The highest BCUT2D eigenvalue weighted by Crippen LogP contribution is 2.27. The number of para-hydroxylation sites is 1. The standard InChI is InChI=1S/C20H18N6O2/c1-27-16-9-7-14(8-10-16)13-21-18-11-15(20-23-25-26-24-20)12-19(22-18)28-17-5-3-2-4-6-17/h2-12H,13H2,1H3,(H,21,22)(H,23,24,25,26). The van der Waals surface area contributed by atoms with Crippen LogP contribution in [0.25, 0.3) is 11.4 Å². The molecule has 2 aromatic heterocycles. The molecule has 140 valence electrons. The van der Waals surface area contributed by atoms with Gasteiger partial charge in [-0.3, -0.25) is 0 Å². The van der Waals surface area contributed by atoms with Crippen molar-refractivity contribution >= 4 is 5.82 Å². The SMILES string of the molecule is COc1ccc(CNc2cc(-c3nn[nH]n3)cc(Oc3ccccc3)n2)cc1. The Morgan fingerprint density at radius 1 is 0.964 bits per heavy atom. The molecule has 4 aromatic rings. The number of tetrazole rings is 1. The minimum Gasteiger partial charge on any atom is -0.497 e. The highest BCUT2D eigenvalue weighted by Gasteiger charge is 2.10. The summed E-state index contributed by atoms with van der Waals surface area (Å²) >= 11 is 0. The molecule has 0 bridgehead atoms. The number of nitrogens with one attached hydrogen (secondary N) is 2. The van der Waals surface area contributed by atoms with E-state index in [4.69, 9.17) is 9.47 Å². The number of anilines is 1. The number of ether oxygens (including phenoxy) is 2. The highest BCUT2D eigenvalue weighted by molar-refractivity contribution is 5.61. The Kier molecular flexibility index (Phi) is 5.10. The van der Waals surface area contributed by atoms with E-state index in [1.807, 2.05) is 60.7 Å². The van der Waals surface area contributed by atoms with Crippen molar-refractivity contribution in [3.8, 4) is 28.8 Å². The van der Waals surface area contributed by atoms with Crippen molar-refractivity contribution in [1.29, 1.82) is 0 Å². The molecule has 0 amide bonds. The maximum Gasteiger partial charge on any atom is 0.221 e. The maximum atomic E-state index is 5.89. The summed E-state index contributed by atoms with van der Waals surface area (Å²) in [4.78, 5) is 4.54. The summed E-state index contributed by atoms with van der Waals surface area (Å²) in [7, 11) is 1.65. The molecular weight excluding hydrogens is 356 g/mol. The van der Waals surface area contributed by atoms with Crippen molar-refractivity contribution in [1.82, 2.24) is 25.6 Å². The molecule has 0 fully saturated rings. The van der Waals surface area contributed by atoms with E-state index in [0.29, 0.717) is 29.8 Å². The number of hydrogen-bond acceptors (Lipinski definition) is 7. The van der Waals surface area contributed by atoms with Crippen LogP contribution in [-0.4, -0.2) is 32.7 Å². The Morgan fingerprint density at radius 3 is 2.50 bits per heavy atom. The first-order chi connectivity index (χ1) is 13.8. The van der Waals surface area contributed by atoms with Crippen molar-refractivity contribution in [2.45, 2.75) is 6.54 Å². The molecule has 0 aliphatic rings. The fourth-order valence-electron chi connectivity index (χ4n) is 2.61. The first-order valence-electron chi connectivity index (χ1n) is 8.66. The largest absolute Gasteiger partial charge is 0.497 e. The molecule has 2 aromatic carbocycles. The van der Waals surface area contributed by atoms with Crippen LogP contribution in [0, 0.1) is 0 Å². The Bertz CT molecular complexity index is 1020. The van der Waals surface area contributed by atoms with Crippen LogP contribution in [0.3, 0.4) is 0 Å². The molecule has 28 heavy (non-hydrogen) atoms. The van der Waals surface area contributed by atoms with Gasteiger partial charge in [0.25, 0.3) is 0 Å². The molecule has 0 aliphatic heterocycles. The van der Waals surface area contributed by atoms with Gasteiger partial charge in [0.2, 0.25) is 11.7 Å². The molecule has 8 heteroatoms. The van der Waals surface area contributed by atoms with E-state index in [9.17, 15) is 0 Å². The van der Waals surface area contributed by atoms with Gasteiger partial charge >= 0.3 is 0 Å². The fourth-order valence-corrected chi connectivity index (χ4v) is 2.61. The summed E-state index contributed by atoms with van der Waals surface area (Å²) in [5, 5.41) is 17.5. The maximum absolute atomic E-state index is 5.89. The molecule has 0 saturated carbocycles. The van der Waals surface area contributed by atoms with Gasteiger partial charge in [-0.05, 0) is 41.1 Å². The van der Waals surface area contributed by atoms with Crippen molar-refractivity contribution in [3.63, 3.8) is 0 Å². The molecule has 0 unspecified atom stereocenters. The number of pyridine rings is 1. The van der Waals surface area contributed by atoms with Gasteiger partial charge in [0.15, 0.2) is 0 Å². The minimum atomic E-state index is 0.436. The average Bonchev–Trinajstić information content (AvgIpc) is 3.28. The average molecular weight is 374 g/mol. The third-order valence-electron chi connectivity index (χ3n) is 4.00. The topological polar surface area (TPSA) is 97.8 Å². The minimum absolute atomic E-state index is 0.436. The van der Waals surface area contributed by atoms with Crippen LogP contribution >= 0.6 is 0 Å². The van der Waals surface area contributed by atoms with Gasteiger partial charge in [-0.15, -0.1) is 10.2 Å². The number of benzene rings is 2. The lowest BCUT2D eigenvalue weighted by Gasteiger charge is -2.11. The lowest BCUT2D eigenvalue weighted by Crippen LogP contribution is -2.03. The van der Waals surface area contributed by atoms with Crippen LogP contribution in [0.5, 0.6) is 17.4 Å². The van der Waals surface area contributed by atoms with Gasteiger partial charge in [-0.2, -0.15) is 10.2 Å². The van der Waals surface area contributed by atoms with E-state index < -0.39 is 0 Å². The Labute approximate surface area is 161 Å². The van der Waals surface area contributed by atoms with Crippen LogP contribution in [0.15, 0.2) is 66.7 Å². The molecular formula is C20H18N6O2. The monoisotopic (exact) mass is 374 g/mol. The molecule has 4 rings (SSSR count). The quantitative estimate of drug-likeness (QED) is 0.509. The summed E-state index contributed by atoms with van der Waals surface area (Å²) in [6.07, 6.45) is 0. The number of rotatable bonds is 7. The van der Waals surface area contributed by atoms with Gasteiger partial charge in [0.1, 0.15) is 17.3 Å². The lowest BCUT2D eigenvalue weighted by atomic mass is 10.2. The summed E-state index contributed by atoms with van der Waals surface area (Å²) in [6.45, 7) is 0.595. The zero-order valence-electron chi connectivity index (χ0n) is 15.2. The van der Waals surface area contributed by atoms with Crippen LogP contribution in [-0.2, 0) is 6.54 Å². The molecule has 0 radical (unpaired) electrons. The Hall–Kier alpha value is -3.94. The second kappa shape index (κ2) is 8.17. The summed E-state index contributed by atoms with van der Waals surface area (Å²) < 4.78 is 11.1. The molecule has 0 saturated heterocycles. The van der Waals surface area contributed by atoms with Gasteiger partial charge in [0, 0.05) is 18.2 Å². The predicted octanol–water partition coefficient (Wildman–Crippen LogP) is 3.67. The van der Waals surface area contributed by atoms with E-state index in [1.165, 1.54) is 0 Å². The number of aromatic amines is 1. The molecule has 8 nitrogen and oxygen atoms in total. The van der Waals surface area contributed by atoms with Crippen LogP contribution in [0.1, 0.15) is 5.56 Å². The Balaban J connectivity index is 1.57. The van der Waals surface area contributed by atoms with E-state index in [0.717, 1.165) is 16.9 Å². The summed E-state index contributed by atoms with van der Waals surface area (Å²) in [5.74, 6) is 3.06.